The molecule has 0 aliphatic rings. The minimum Gasteiger partial charge on any atom is -0.254 e. The van der Waals surface area contributed by atoms with Crippen LogP contribution in [0.5, 0.6) is 0 Å². The molecule has 0 bridgehead atoms. The largest absolute Gasteiger partial charge is 0.254 e. The van der Waals surface area contributed by atoms with Gasteiger partial charge in [0.05, 0.1) is 11.3 Å². The summed E-state index contributed by atoms with van der Waals surface area (Å²) in [5.41, 5.74) is 3.05. The lowest BCUT2D eigenvalue weighted by atomic mass is 10.0. The first-order valence-electron chi connectivity index (χ1n) is 6.59. The molecule has 22 heavy (non-hydrogen) atoms. The summed E-state index contributed by atoms with van der Waals surface area (Å²) < 4.78 is 26.0. The molecule has 0 spiro atoms. The van der Waals surface area contributed by atoms with Crippen molar-refractivity contribution in [3.63, 3.8) is 0 Å². The lowest BCUT2D eigenvalue weighted by molar-refractivity contribution is 0.627. The molecule has 106 valence electrons. The summed E-state index contributed by atoms with van der Waals surface area (Å²) >= 11 is 0. The van der Waals surface area contributed by atoms with Crippen molar-refractivity contribution in [1.29, 1.82) is 5.26 Å². The van der Waals surface area contributed by atoms with Gasteiger partial charge in [-0.15, -0.1) is 0 Å². The van der Waals surface area contributed by atoms with Gasteiger partial charge in [0.1, 0.15) is 17.7 Å². The molecule has 3 aromatic rings. The van der Waals surface area contributed by atoms with E-state index in [1.807, 2.05) is 0 Å². The van der Waals surface area contributed by atoms with E-state index in [-0.39, 0.29) is 11.6 Å². The van der Waals surface area contributed by atoms with Crippen molar-refractivity contribution in [2.75, 3.05) is 0 Å². The number of pyridine rings is 1. The second-order valence-corrected chi connectivity index (χ2v) is 4.75. The van der Waals surface area contributed by atoms with Gasteiger partial charge in [-0.25, -0.2) is 8.78 Å². The Morgan fingerprint density at radius 3 is 1.86 bits per heavy atom. The van der Waals surface area contributed by atoms with E-state index in [0.29, 0.717) is 16.8 Å². The van der Waals surface area contributed by atoms with Gasteiger partial charge in [-0.2, -0.15) is 5.26 Å². The Balaban J connectivity index is 2.06. The molecule has 0 radical (unpaired) electrons. The smallest absolute Gasteiger partial charge is 0.123 e. The average Bonchev–Trinajstić information content (AvgIpc) is 2.56. The first kappa shape index (κ1) is 13.9. The Kier molecular flexibility index (Phi) is 3.63. The van der Waals surface area contributed by atoms with E-state index in [1.54, 1.807) is 36.5 Å². The molecule has 1 heterocycles. The van der Waals surface area contributed by atoms with Crippen LogP contribution in [0, 0.1) is 23.0 Å². The van der Waals surface area contributed by atoms with Crippen LogP contribution in [0.4, 0.5) is 8.78 Å². The van der Waals surface area contributed by atoms with Gasteiger partial charge >= 0.3 is 0 Å². The first-order valence-corrected chi connectivity index (χ1v) is 6.59. The fraction of sp³-hybridized carbons (Fsp3) is 0. The molecule has 0 N–H and O–H groups in total. The second kappa shape index (κ2) is 5.74. The van der Waals surface area contributed by atoms with Crippen LogP contribution in [0.2, 0.25) is 0 Å². The molecule has 0 fully saturated rings. The van der Waals surface area contributed by atoms with Gasteiger partial charge in [0, 0.05) is 17.3 Å². The number of hydrogen-bond donors (Lipinski definition) is 0. The number of rotatable bonds is 2. The Hall–Kier alpha value is -3.06. The third kappa shape index (κ3) is 2.70. The average molecular weight is 292 g/mol. The molecule has 0 aliphatic heterocycles. The lowest BCUT2D eigenvalue weighted by Gasteiger charge is -2.07. The second-order valence-electron chi connectivity index (χ2n) is 4.75. The molecule has 4 heteroatoms. The maximum absolute atomic E-state index is 13.0. The highest BCUT2D eigenvalue weighted by Crippen LogP contribution is 2.26. The number of benzene rings is 2. The molecule has 1 aromatic heterocycles. The normalized spacial score (nSPS) is 10.2. The van der Waals surface area contributed by atoms with Crippen LogP contribution in [0.15, 0.2) is 60.8 Å². The Morgan fingerprint density at radius 1 is 0.773 bits per heavy atom. The number of aromatic nitrogens is 1. The Labute approximate surface area is 126 Å². The third-order valence-electron chi connectivity index (χ3n) is 3.30. The van der Waals surface area contributed by atoms with Crippen molar-refractivity contribution in [1.82, 2.24) is 4.98 Å². The zero-order chi connectivity index (χ0) is 15.5. The van der Waals surface area contributed by atoms with Gasteiger partial charge in [-0.05, 0) is 48.0 Å². The number of halogens is 2. The van der Waals surface area contributed by atoms with Crippen molar-refractivity contribution in [2.24, 2.45) is 0 Å². The van der Waals surface area contributed by atoms with Gasteiger partial charge in [0.15, 0.2) is 0 Å². The molecule has 0 aliphatic carbocycles. The molecular formula is C18H10F2N2. The Morgan fingerprint density at radius 2 is 1.32 bits per heavy atom. The summed E-state index contributed by atoms with van der Waals surface area (Å²) in [4.78, 5) is 4.31. The third-order valence-corrected chi connectivity index (χ3v) is 3.30. The summed E-state index contributed by atoms with van der Waals surface area (Å²) in [5, 5.41) is 9.33. The molecule has 0 atom stereocenters. The van der Waals surface area contributed by atoms with Crippen molar-refractivity contribution in [3.05, 3.63) is 78.0 Å². The fourth-order valence-corrected chi connectivity index (χ4v) is 2.19. The van der Waals surface area contributed by atoms with Crippen molar-refractivity contribution in [3.8, 4) is 28.5 Å². The van der Waals surface area contributed by atoms with Gasteiger partial charge in [-0.3, -0.25) is 4.98 Å². The molecule has 2 nitrogen and oxygen atoms in total. The molecule has 0 saturated heterocycles. The van der Waals surface area contributed by atoms with E-state index in [1.165, 1.54) is 24.3 Å². The number of hydrogen-bond acceptors (Lipinski definition) is 2. The van der Waals surface area contributed by atoms with Crippen LogP contribution in [0.25, 0.3) is 22.4 Å². The van der Waals surface area contributed by atoms with E-state index in [2.05, 4.69) is 11.1 Å². The standard InChI is InChI=1S/C18H10F2N2/c19-16-5-1-12(2-6-16)15-9-14(10-21)18(22-11-15)13-3-7-17(20)8-4-13/h1-9,11H. The van der Waals surface area contributed by atoms with E-state index >= 15 is 0 Å². The van der Waals surface area contributed by atoms with Crippen LogP contribution in [-0.2, 0) is 0 Å². The number of nitrogens with zero attached hydrogens (tertiary/aromatic N) is 2. The maximum Gasteiger partial charge on any atom is 0.123 e. The molecule has 0 unspecified atom stereocenters. The van der Waals surface area contributed by atoms with Crippen LogP contribution in [-0.4, -0.2) is 4.98 Å². The topological polar surface area (TPSA) is 36.7 Å². The highest BCUT2D eigenvalue weighted by Gasteiger charge is 2.09. The van der Waals surface area contributed by atoms with Crippen LogP contribution in [0.3, 0.4) is 0 Å². The minimum absolute atomic E-state index is 0.319. The SMILES string of the molecule is N#Cc1cc(-c2ccc(F)cc2)cnc1-c1ccc(F)cc1. The summed E-state index contributed by atoms with van der Waals surface area (Å²) in [6.45, 7) is 0. The van der Waals surface area contributed by atoms with Crippen LogP contribution in [0.1, 0.15) is 5.56 Å². The Bertz CT molecular complexity index is 848. The van der Waals surface area contributed by atoms with Crippen LogP contribution < -0.4 is 0 Å². The highest BCUT2D eigenvalue weighted by molar-refractivity contribution is 5.72. The first-order chi connectivity index (χ1) is 10.7. The quantitative estimate of drug-likeness (QED) is 0.694. The lowest BCUT2D eigenvalue weighted by Crippen LogP contribution is -1.91. The summed E-state index contributed by atoms with van der Waals surface area (Å²) in [6, 6.07) is 15.6. The molecule has 0 amide bonds. The van der Waals surface area contributed by atoms with E-state index in [4.69, 9.17) is 0 Å². The zero-order valence-corrected chi connectivity index (χ0v) is 11.4. The van der Waals surface area contributed by atoms with Crippen molar-refractivity contribution in [2.45, 2.75) is 0 Å². The van der Waals surface area contributed by atoms with E-state index in [9.17, 15) is 14.0 Å². The number of nitriles is 1. The summed E-state index contributed by atoms with van der Waals surface area (Å²) in [6.07, 6.45) is 1.62. The van der Waals surface area contributed by atoms with E-state index < -0.39 is 0 Å². The summed E-state index contributed by atoms with van der Waals surface area (Å²) in [5.74, 6) is -0.662. The zero-order valence-electron chi connectivity index (χ0n) is 11.4. The molecular weight excluding hydrogens is 282 g/mol. The minimum atomic E-state index is -0.342. The van der Waals surface area contributed by atoms with Crippen molar-refractivity contribution >= 4 is 0 Å². The molecule has 0 saturated carbocycles. The van der Waals surface area contributed by atoms with Gasteiger partial charge in [0.25, 0.3) is 0 Å². The van der Waals surface area contributed by atoms with Crippen LogP contribution >= 0.6 is 0 Å². The van der Waals surface area contributed by atoms with Gasteiger partial charge in [-0.1, -0.05) is 12.1 Å². The predicted molar refractivity (Wildman–Crippen MR) is 79.7 cm³/mol. The van der Waals surface area contributed by atoms with E-state index in [0.717, 1.165) is 11.1 Å². The van der Waals surface area contributed by atoms with Crippen molar-refractivity contribution < 1.29 is 8.78 Å². The summed E-state index contributed by atoms with van der Waals surface area (Å²) in [7, 11) is 0. The molecule has 2 aromatic carbocycles. The van der Waals surface area contributed by atoms with Gasteiger partial charge < -0.3 is 0 Å². The van der Waals surface area contributed by atoms with Gasteiger partial charge in [0.2, 0.25) is 0 Å². The fourth-order valence-electron chi connectivity index (χ4n) is 2.19. The molecule has 3 rings (SSSR count). The monoisotopic (exact) mass is 292 g/mol. The highest BCUT2D eigenvalue weighted by atomic mass is 19.1. The maximum atomic E-state index is 13.0. The predicted octanol–water partition coefficient (Wildman–Crippen LogP) is 4.57.